The van der Waals surface area contributed by atoms with E-state index in [0.29, 0.717) is 0 Å². The number of furan rings is 1. The average molecular weight is 406 g/mol. The van der Waals surface area contributed by atoms with E-state index in [4.69, 9.17) is 4.42 Å². The van der Waals surface area contributed by atoms with Gasteiger partial charge in [0, 0.05) is 6.54 Å². The number of carbonyl (C=O) groups is 3. The summed E-state index contributed by atoms with van der Waals surface area (Å²) in [6.45, 7) is 2.09. The Morgan fingerprint density at radius 3 is 2.43 bits per heavy atom. The average Bonchev–Trinajstić information content (AvgIpc) is 3.37. The van der Waals surface area contributed by atoms with E-state index in [9.17, 15) is 18.8 Å². The van der Waals surface area contributed by atoms with Gasteiger partial charge in [-0.1, -0.05) is 29.8 Å². The van der Waals surface area contributed by atoms with Gasteiger partial charge in [0.1, 0.15) is 11.9 Å². The van der Waals surface area contributed by atoms with Crippen LogP contribution in [0.25, 0.3) is 0 Å². The molecule has 1 aliphatic rings. The molecule has 2 aromatic carbocycles. The largest absolute Gasteiger partial charge is 0.459 e. The van der Waals surface area contributed by atoms with Crippen LogP contribution in [0.4, 0.5) is 10.1 Å². The molecule has 0 bridgehead atoms. The van der Waals surface area contributed by atoms with Gasteiger partial charge in [-0.05, 0) is 48.9 Å². The lowest BCUT2D eigenvalue weighted by molar-refractivity contribution is -0.122. The zero-order valence-corrected chi connectivity index (χ0v) is 16.2. The van der Waals surface area contributed by atoms with Gasteiger partial charge in [-0.2, -0.15) is 0 Å². The first-order valence-corrected chi connectivity index (χ1v) is 9.46. The summed E-state index contributed by atoms with van der Waals surface area (Å²) >= 11 is 0. The normalized spacial score (nSPS) is 16.2. The lowest BCUT2D eigenvalue weighted by Gasteiger charge is -2.27. The molecule has 0 N–H and O–H groups in total. The summed E-state index contributed by atoms with van der Waals surface area (Å²) in [5.41, 5.74) is 2.16. The Morgan fingerprint density at radius 2 is 1.80 bits per heavy atom. The zero-order chi connectivity index (χ0) is 21.3. The Kier molecular flexibility index (Phi) is 5.18. The van der Waals surface area contributed by atoms with Crippen molar-refractivity contribution in [1.29, 1.82) is 0 Å². The molecule has 0 radical (unpaired) electrons. The van der Waals surface area contributed by atoms with Crippen molar-refractivity contribution < 1.29 is 23.2 Å². The highest BCUT2D eigenvalue weighted by atomic mass is 19.1. The van der Waals surface area contributed by atoms with E-state index >= 15 is 0 Å². The molecule has 3 amide bonds. The van der Waals surface area contributed by atoms with E-state index in [1.807, 2.05) is 31.2 Å². The second kappa shape index (κ2) is 7.94. The van der Waals surface area contributed by atoms with Crippen LogP contribution in [0.2, 0.25) is 0 Å². The first kappa shape index (κ1) is 19.6. The SMILES string of the molecule is Cc1ccc(CN(C(=O)c2ccco2)C2CC(=O)N(c3ccc(F)cc3)C2=O)cc1. The number of carbonyl (C=O) groups excluding carboxylic acids is 3. The van der Waals surface area contributed by atoms with Crippen LogP contribution in [0.3, 0.4) is 0 Å². The molecule has 30 heavy (non-hydrogen) atoms. The lowest BCUT2D eigenvalue weighted by Crippen LogP contribution is -2.45. The van der Waals surface area contributed by atoms with Crippen molar-refractivity contribution in [2.75, 3.05) is 4.90 Å². The number of amides is 3. The fourth-order valence-corrected chi connectivity index (χ4v) is 3.48. The molecule has 6 nitrogen and oxygen atoms in total. The van der Waals surface area contributed by atoms with Crippen LogP contribution in [0.1, 0.15) is 28.1 Å². The first-order valence-electron chi connectivity index (χ1n) is 9.46. The molecule has 7 heteroatoms. The molecule has 0 spiro atoms. The third-order valence-electron chi connectivity index (χ3n) is 5.05. The van der Waals surface area contributed by atoms with Crippen molar-refractivity contribution >= 4 is 23.4 Å². The molecule has 1 unspecified atom stereocenters. The zero-order valence-electron chi connectivity index (χ0n) is 16.2. The molecule has 152 valence electrons. The minimum absolute atomic E-state index is 0.0857. The predicted molar refractivity (Wildman–Crippen MR) is 107 cm³/mol. The summed E-state index contributed by atoms with van der Waals surface area (Å²) in [5, 5.41) is 0. The second-order valence-electron chi connectivity index (χ2n) is 7.16. The summed E-state index contributed by atoms with van der Waals surface area (Å²) in [5.74, 6) is -1.84. The van der Waals surface area contributed by atoms with E-state index in [2.05, 4.69) is 0 Å². The Labute approximate surface area is 172 Å². The van der Waals surface area contributed by atoms with E-state index < -0.39 is 29.6 Å². The van der Waals surface area contributed by atoms with E-state index in [1.54, 1.807) is 6.07 Å². The van der Waals surface area contributed by atoms with Gasteiger partial charge in [0.25, 0.3) is 11.8 Å². The fraction of sp³-hybridized carbons (Fsp3) is 0.174. The fourth-order valence-electron chi connectivity index (χ4n) is 3.48. The number of hydrogen-bond acceptors (Lipinski definition) is 4. The maximum atomic E-state index is 13.3. The monoisotopic (exact) mass is 406 g/mol. The highest BCUT2D eigenvalue weighted by molar-refractivity contribution is 6.23. The molecule has 1 aliphatic heterocycles. The van der Waals surface area contributed by atoms with Gasteiger partial charge in [-0.3, -0.25) is 14.4 Å². The van der Waals surface area contributed by atoms with Gasteiger partial charge in [-0.15, -0.1) is 0 Å². The molecule has 2 heterocycles. The molecular formula is C23H19FN2O4. The first-order chi connectivity index (χ1) is 14.4. The number of imide groups is 1. The molecule has 1 saturated heterocycles. The molecular weight excluding hydrogens is 387 g/mol. The topological polar surface area (TPSA) is 70.8 Å². The van der Waals surface area contributed by atoms with Gasteiger partial charge in [0.2, 0.25) is 5.91 Å². The van der Waals surface area contributed by atoms with Gasteiger partial charge in [-0.25, -0.2) is 9.29 Å². The van der Waals surface area contributed by atoms with Crippen LogP contribution in [-0.2, 0) is 16.1 Å². The number of nitrogens with zero attached hydrogens (tertiary/aromatic N) is 2. The summed E-state index contributed by atoms with van der Waals surface area (Å²) in [7, 11) is 0. The Hall–Kier alpha value is -3.74. The minimum atomic E-state index is -0.985. The highest BCUT2D eigenvalue weighted by Crippen LogP contribution is 2.28. The molecule has 1 fully saturated rings. The van der Waals surface area contributed by atoms with Crippen LogP contribution in [0, 0.1) is 12.7 Å². The van der Waals surface area contributed by atoms with Gasteiger partial charge in [0.15, 0.2) is 5.76 Å². The molecule has 1 atom stereocenters. The molecule has 4 rings (SSSR count). The molecule has 0 aliphatic carbocycles. The standard InChI is InChI=1S/C23H19FN2O4/c1-15-4-6-16(7-5-15)14-25(23(29)20-3-2-12-30-20)19-13-21(27)26(22(19)28)18-10-8-17(24)9-11-18/h2-12,19H,13-14H2,1H3. The van der Waals surface area contributed by atoms with Crippen molar-refractivity contribution in [3.8, 4) is 0 Å². The van der Waals surface area contributed by atoms with Gasteiger partial charge in [0.05, 0.1) is 18.4 Å². The van der Waals surface area contributed by atoms with Crippen LogP contribution >= 0.6 is 0 Å². The minimum Gasteiger partial charge on any atom is -0.459 e. The number of halogens is 1. The predicted octanol–water partition coefficient (Wildman–Crippen LogP) is 3.70. The van der Waals surface area contributed by atoms with Crippen LogP contribution < -0.4 is 4.90 Å². The Bertz CT molecular complexity index is 1080. The third-order valence-corrected chi connectivity index (χ3v) is 5.05. The van der Waals surface area contributed by atoms with Crippen LogP contribution in [0.15, 0.2) is 71.3 Å². The van der Waals surface area contributed by atoms with Gasteiger partial charge >= 0.3 is 0 Å². The molecule has 3 aromatic rings. The number of benzene rings is 2. The number of anilines is 1. The van der Waals surface area contributed by atoms with E-state index in [1.165, 1.54) is 41.5 Å². The van der Waals surface area contributed by atoms with Crippen molar-refractivity contribution in [3.63, 3.8) is 0 Å². The molecule has 1 aromatic heterocycles. The smallest absolute Gasteiger partial charge is 0.290 e. The Balaban J connectivity index is 1.66. The van der Waals surface area contributed by atoms with E-state index in [-0.39, 0.29) is 24.4 Å². The van der Waals surface area contributed by atoms with E-state index in [0.717, 1.165) is 16.0 Å². The van der Waals surface area contributed by atoms with Crippen molar-refractivity contribution in [3.05, 3.63) is 89.6 Å². The summed E-state index contributed by atoms with van der Waals surface area (Å²) in [6, 6.07) is 14.8. The summed E-state index contributed by atoms with van der Waals surface area (Å²) in [4.78, 5) is 41.2. The van der Waals surface area contributed by atoms with Crippen LogP contribution in [0.5, 0.6) is 0 Å². The number of aryl methyl sites for hydroxylation is 1. The lowest BCUT2D eigenvalue weighted by atomic mass is 10.1. The maximum absolute atomic E-state index is 13.3. The quantitative estimate of drug-likeness (QED) is 0.606. The van der Waals surface area contributed by atoms with Gasteiger partial charge < -0.3 is 9.32 Å². The summed E-state index contributed by atoms with van der Waals surface area (Å²) in [6.07, 6.45) is 1.22. The Morgan fingerprint density at radius 1 is 1.10 bits per heavy atom. The van der Waals surface area contributed by atoms with Crippen molar-refractivity contribution in [2.24, 2.45) is 0 Å². The summed E-state index contributed by atoms with van der Waals surface area (Å²) < 4.78 is 18.5. The molecule has 0 saturated carbocycles. The van der Waals surface area contributed by atoms with Crippen LogP contribution in [-0.4, -0.2) is 28.7 Å². The number of hydrogen-bond donors (Lipinski definition) is 0. The number of rotatable bonds is 5. The van der Waals surface area contributed by atoms with Crippen molar-refractivity contribution in [2.45, 2.75) is 25.9 Å². The highest BCUT2D eigenvalue weighted by Gasteiger charge is 2.45. The third kappa shape index (κ3) is 3.74. The second-order valence-corrected chi connectivity index (χ2v) is 7.16. The van der Waals surface area contributed by atoms with Crippen molar-refractivity contribution in [1.82, 2.24) is 4.90 Å². The maximum Gasteiger partial charge on any atom is 0.290 e.